The summed E-state index contributed by atoms with van der Waals surface area (Å²) in [4.78, 5) is 9.48. The van der Waals surface area contributed by atoms with Gasteiger partial charge in [0.15, 0.2) is 11.8 Å². The first-order chi connectivity index (χ1) is 14.0. The zero-order valence-electron chi connectivity index (χ0n) is 17.7. The Morgan fingerprint density at radius 2 is 1.97 bits per heavy atom. The van der Waals surface area contributed by atoms with E-state index in [1.165, 1.54) is 11.3 Å². The summed E-state index contributed by atoms with van der Waals surface area (Å²) in [6.07, 6.45) is 0. The van der Waals surface area contributed by atoms with Gasteiger partial charge in [-0.3, -0.25) is 0 Å². The van der Waals surface area contributed by atoms with Crippen molar-refractivity contribution in [3.63, 3.8) is 0 Å². The molecule has 1 aromatic carbocycles. The minimum absolute atomic E-state index is 0.486. The fourth-order valence-corrected chi connectivity index (χ4v) is 3.52. The van der Waals surface area contributed by atoms with Crippen LogP contribution in [0.4, 0.5) is 5.69 Å². The number of rotatable bonds is 6. The van der Waals surface area contributed by atoms with E-state index in [4.69, 9.17) is 21.3 Å². The van der Waals surface area contributed by atoms with Crippen molar-refractivity contribution in [2.24, 2.45) is 12.0 Å². The van der Waals surface area contributed by atoms with Crippen molar-refractivity contribution in [2.75, 3.05) is 51.3 Å². The number of guanidine groups is 1. The van der Waals surface area contributed by atoms with Gasteiger partial charge in [0, 0.05) is 57.6 Å². The Morgan fingerprint density at radius 3 is 2.62 bits per heavy atom. The number of benzene rings is 1. The number of hydrogen-bond donors (Lipinski definition) is 1. The maximum Gasteiger partial charge on any atom is 0.194 e. The molecule has 0 saturated carbocycles. The maximum absolute atomic E-state index is 6.21. The van der Waals surface area contributed by atoms with Gasteiger partial charge in [-0.1, -0.05) is 17.7 Å². The summed E-state index contributed by atoms with van der Waals surface area (Å²) in [7, 11) is 3.66. The van der Waals surface area contributed by atoms with Crippen LogP contribution in [0, 0.1) is 13.8 Å². The molecule has 1 aliphatic heterocycles. The Balaban J connectivity index is 1.67. The molecule has 0 bridgehead atoms. The average molecular weight is 420 g/mol. The zero-order valence-corrected chi connectivity index (χ0v) is 18.4. The van der Waals surface area contributed by atoms with Crippen molar-refractivity contribution < 1.29 is 4.74 Å². The molecule has 1 N–H and O–H groups in total. The lowest BCUT2D eigenvalue weighted by molar-refractivity contribution is 0.202. The topological polar surface area (TPSA) is 70.8 Å². The van der Waals surface area contributed by atoms with Crippen LogP contribution in [-0.2, 0) is 18.3 Å². The van der Waals surface area contributed by atoms with Gasteiger partial charge < -0.3 is 24.4 Å². The Kier molecular flexibility index (Phi) is 7.33. The van der Waals surface area contributed by atoms with E-state index in [0.29, 0.717) is 19.7 Å². The van der Waals surface area contributed by atoms with Crippen LogP contribution >= 0.6 is 11.6 Å². The molecule has 0 amide bonds. The fraction of sp³-hybridized carbons (Fsp3) is 0.550. The normalized spacial score (nSPS) is 15.1. The summed E-state index contributed by atoms with van der Waals surface area (Å²) in [5.74, 6) is 2.61. The van der Waals surface area contributed by atoms with Crippen molar-refractivity contribution in [1.82, 2.24) is 25.0 Å². The number of piperazine rings is 1. The molecular formula is C20H30ClN7O. The lowest BCUT2D eigenvalue weighted by Gasteiger charge is -2.38. The summed E-state index contributed by atoms with van der Waals surface area (Å²) < 4.78 is 7.15. The van der Waals surface area contributed by atoms with Crippen LogP contribution in [0.5, 0.6) is 0 Å². The second-order valence-electron chi connectivity index (χ2n) is 7.19. The lowest BCUT2D eigenvalue weighted by atomic mass is 10.1. The number of nitrogens with zero attached hydrogens (tertiary/aromatic N) is 6. The summed E-state index contributed by atoms with van der Waals surface area (Å²) in [5, 5.41) is 12.5. The Bertz CT molecular complexity index is 843. The van der Waals surface area contributed by atoms with Crippen LogP contribution in [0.3, 0.4) is 0 Å². The van der Waals surface area contributed by atoms with E-state index in [0.717, 1.165) is 48.8 Å². The van der Waals surface area contributed by atoms with Gasteiger partial charge in [0.05, 0.1) is 6.61 Å². The number of aryl methyl sites for hydroxylation is 2. The molecule has 0 unspecified atom stereocenters. The van der Waals surface area contributed by atoms with E-state index in [1.807, 2.05) is 24.6 Å². The molecule has 8 nitrogen and oxygen atoms in total. The largest absolute Gasteiger partial charge is 0.383 e. The molecule has 1 aliphatic rings. The third-order valence-corrected chi connectivity index (χ3v) is 5.47. The quantitative estimate of drug-likeness (QED) is 0.438. The second-order valence-corrected chi connectivity index (χ2v) is 7.62. The molecule has 2 aromatic rings. The number of anilines is 1. The first kappa shape index (κ1) is 21.4. The van der Waals surface area contributed by atoms with Gasteiger partial charge in [0.2, 0.25) is 0 Å². The first-order valence-corrected chi connectivity index (χ1v) is 10.3. The summed E-state index contributed by atoms with van der Waals surface area (Å²) in [6, 6.07) is 6.07. The number of halogens is 1. The smallest absolute Gasteiger partial charge is 0.194 e. The number of aromatic nitrogens is 3. The monoisotopic (exact) mass is 419 g/mol. The lowest BCUT2D eigenvalue weighted by Crippen LogP contribution is -2.53. The Labute approximate surface area is 177 Å². The van der Waals surface area contributed by atoms with Crippen LogP contribution < -0.4 is 10.2 Å². The maximum atomic E-state index is 6.21. The second kappa shape index (κ2) is 9.93. The highest BCUT2D eigenvalue weighted by molar-refractivity contribution is 6.30. The third kappa shape index (κ3) is 5.39. The van der Waals surface area contributed by atoms with Crippen molar-refractivity contribution in [3.8, 4) is 0 Å². The molecule has 1 aromatic heterocycles. The van der Waals surface area contributed by atoms with E-state index < -0.39 is 0 Å². The molecule has 0 radical (unpaired) electrons. The molecule has 0 atom stereocenters. The SMILES string of the molecule is COCCNC(=NCc1nnc(C)n1C)N1CCN(c2cc(Cl)ccc2C)CC1. The summed E-state index contributed by atoms with van der Waals surface area (Å²) >= 11 is 6.21. The molecule has 3 rings (SSSR count). The first-order valence-electron chi connectivity index (χ1n) is 9.87. The Hall–Kier alpha value is -2.32. The van der Waals surface area contributed by atoms with E-state index in [-0.39, 0.29) is 0 Å². The van der Waals surface area contributed by atoms with Gasteiger partial charge in [-0.2, -0.15) is 0 Å². The highest BCUT2D eigenvalue weighted by Crippen LogP contribution is 2.25. The number of ether oxygens (including phenoxy) is 1. The Morgan fingerprint density at radius 1 is 1.21 bits per heavy atom. The van der Waals surface area contributed by atoms with E-state index in [1.54, 1.807) is 7.11 Å². The van der Waals surface area contributed by atoms with Gasteiger partial charge in [-0.25, -0.2) is 4.99 Å². The molecule has 0 spiro atoms. The van der Waals surface area contributed by atoms with E-state index in [9.17, 15) is 0 Å². The minimum Gasteiger partial charge on any atom is -0.383 e. The van der Waals surface area contributed by atoms with Crippen LogP contribution in [0.15, 0.2) is 23.2 Å². The summed E-state index contributed by atoms with van der Waals surface area (Å²) in [6.45, 7) is 9.47. The van der Waals surface area contributed by atoms with Gasteiger partial charge in [-0.05, 0) is 31.5 Å². The number of methoxy groups -OCH3 is 1. The van der Waals surface area contributed by atoms with Crippen LogP contribution in [0.1, 0.15) is 17.2 Å². The molecule has 9 heteroatoms. The number of nitrogens with one attached hydrogen (secondary N) is 1. The van der Waals surface area contributed by atoms with Gasteiger partial charge in [0.1, 0.15) is 12.4 Å². The predicted octanol–water partition coefficient (Wildman–Crippen LogP) is 2.00. The summed E-state index contributed by atoms with van der Waals surface area (Å²) in [5.41, 5.74) is 2.45. The minimum atomic E-state index is 0.486. The number of hydrogen-bond acceptors (Lipinski definition) is 5. The van der Waals surface area contributed by atoms with Gasteiger partial charge in [0.25, 0.3) is 0 Å². The molecule has 0 aliphatic carbocycles. The van der Waals surface area contributed by atoms with E-state index in [2.05, 4.69) is 44.4 Å². The highest BCUT2D eigenvalue weighted by Gasteiger charge is 2.21. The highest BCUT2D eigenvalue weighted by atomic mass is 35.5. The third-order valence-electron chi connectivity index (χ3n) is 5.23. The van der Waals surface area contributed by atoms with E-state index >= 15 is 0 Å². The van der Waals surface area contributed by atoms with Crippen molar-refractivity contribution >= 4 is 23.2 Å². The average Bonchev–Trinajstić information content (AvgIpc) is 3.05. The van der Waals surface area contributed by atoms with Crippen molar-refractivity contribution in [2.45, 2.75) is 20.4 Å². The van der Waals surface area contributed by atoms with Gasteiger partial charge >= 0.3 is 0 Å². The van der Waals surface area contributed by atoms with Crippen LogP contribution in [0.2, 0.25) is 5.02 Å². The number of aliphatic imine (C=N–C) groups is 1. The molecule has 2 heterocycles. The fourth-order valence-electron chi connectivity index (χ4n) is 3.35. The van der Waals surface area contributed by atoms with Crippen LogP contribution in [-0.4, -0.2) is 72.1 Å². The molecule has 1 fully saturated rings. The molecule has 29 heavy (non-hydrogen) atoms. The standard InChI is InChI=1S/C20H30ClN7O/c1-15-5-6-17(21)13-18(15)27-8-10-28(11-9-27)20(22-7-12-29-4)23-14-19-25-24-16(2)26(19)3/h5-6,13H,7-12,14H2,1-4H3,(H,22,23). The molecule has 1 saturated heterocycles. The van der Waals surface area contributed by atoms with Crippen molar-refractivity contribution in [3.05, 3.63) is 40.4 Å². The van der Waals surface area contributed by atoms with Gasteiger partial charge in [-0.15, -0.1) is 10.2 Å². The van der Waals surface area contributed by atoms with Crippen molar-refractivity contribution in [1.29, 1.82) is 0 Å². The van der Waals surface area contributed by atoms with Crippen LogP contribution in [0.25, 0.3) is 0 Å². The molecular weight excluding hydrogens is 390 g/mol. The predicted molar refractivity (Wildman–Crippen MR) is 117 cm³/mol. The molecule has 158 valence electrons. The zero-order chi connectivity index (χ0) is 20.8.